The van der Waals surface area contributed by atoms with Gasteiger partial charge >= 0.3 is 6.61 Å². The first-order valence-corrected chi connectivity index (χ1v) is 8.96. The highest BCUT2D eigenvalue weighted by atomic mass is 32.2. The predicted octanol–water partition coefficient (Wildman–Crippen LogP) is 1.71. The lowest BCUT2D eigenvalue weighted by molar-refractivity contribution is -0.0500. The minimum absolute atomic E-state index is 0.100. The van der Waals surface area contributed by atoms with E-state index in [4.69, 9.17) is 4.74 Å². The van der Waals surface area contributed by atoms with E-state index in [0.29, 0.717) is 26.2 Å². The summed E-state index contributed by atoms with van der Waals surface area (Å²) < 4.78 is 56.6. The van der Waals surface area contributed by atoms with Crippen LogP contribution in [0, 0.1) is 0 Å². The molecule has 1 saturated heterocycles. The van der Waals surface area contributed by atoms with Gasteiger partial charge in [-0.05, 0) is 17.7 Å². The van der Waals surface area contributed by atoms with Gasteiger partial charge in [0.25, 0.3) is 0 Å². The molecule has 124 valence electrons. The fourth-order valence-corrected chi connectivity index (χ4v) is 2.86. The molecule has 1 unspecified atom stereocenters. The average Bonchev–Trinajstić information content (AvgIpc) is 2.45. The molecule has 0 spiro atoms. The van der Waals surface area contributed by atoms with Crippen molar-refractivity contribution in [2.45, 2.75) is 12.7 Å². The summed E-state index contributed by atoms with van der Waals surface area (Å²) in [4.78, 5) is 2.03. The molecule has 0 radical (unpaired) electrons. The average molecular weight is 335 g/mol. The molecule has 0 amide bonds. The molecule has 0 bridgehead atoms. The summed E-state index contributed by atoms with van der Waals surface area (Å²) in [6.45, 7) is -0.624. The zero-order valence-corrected chi connectivity index (χ0v) is 13.1. The van der Waals surface area contributed by atoms with Crippen LogP contribution in [0.25, 0.3) is 0 Å². The van der Waals surface area contributed by atoms with Gasteiger partial charge in [-0.25, -0.2) is 8.42 Å². The second-order valence-electron chi connectivity index (χ2n) is 5.24. The Balaban J connectivity index is 1.94. The third-order valence-corrected chi connectivity index (χ3v) is 4.33. The fraction of sp³-hybridized carbons (Fsp3) is 0.571. The molecule has 1 aromatic rings. The van der Waals surface area contributed by atoms with Gasteiger partial charge in [0, 0.05) is 25.9 Å². The van der Waals surface area contributed by atoms with E-state index < -0.39 is 16.4 Å². The molecule has 1 fully saturated rings. The third kappa shape index (κ3) is 5.51. The van der Waals surface area contributed by atoms with Crippen LogP contribution >= 0.6 is 0 Å². The SMILES string of the molecule is CS(=O)(=O)CCN1CCOC(c2ccc(OC(F)F)cc2)C1. The number of morpholine rings is 1. The number of ether oxygens (including phenoxy) is 2. The van der Waals surface area contributed by atoms with E-state index in [1.54, 1.807) is 12.1 Å². The molecule has 0 aromatic heterocycles. The van der Waals surface area contributed by atoms with Gasteiger partial charge in [-0.1, -0.05) is 12.1 Å². The van der Waals surface area contributed by atoms with Gasteiger partial charge < -0.3 is 9.47 Å². The van der Waals surface area contributed by atoms with Crippen molar-refractivity contribution in [2.75, 3.05) is 38.2 Å². The van der Waals surface area contributed by atoms with Gasteiger partial charge in [0.05, 0.1) is 18.5 Å². The monoisotopic (exact) mass is 335 g/mol. The summed E-state index contributed by atoms with van der Waals surface area (Å²) in [5, 5.41) is 0. The Morgan fingerprint density at radius 1 is 1.36 bits per heavy atom. The molecule has 8 heteroatoms. The van der Waals surface area contributed by atoms with Gasteiger partial charge in [0.2, 0.25) is 0 Å². The first-order chi connectivity index (χ1) is 10.3. The minimum Gasteiger partial charge on any atom is -0.435 e. The van der Waals surface area contributed by atoms with Crippen LogP contribution in [-0.4, -0.2) is 58.2 Å². The number of hydrogen-bond donors (Lipinski definition) is 0. The number of sulfone groups is 1. The van der Waals surface area contributed by atoms with E-state index in [1.807, 2.05) is 4.90 Å². The summed E-state index contributed by atoms with van der Waals surface area (Å²) in [6.07, 6.45) is 1.01. The maximum absolute atomic E-state index is 12.1. The quantitative estimate of drug-likeness (QED) is 0.792. The van der Waals surface area contributed by atoms with Crippen LogP contribution in [0.1, 0.15) is 11.7 Å². The lowest BCUT2D eigenvalue weighted by atomic mass is 10.1. The number of alkyl halides is 2. The standard InChI is InChI=1S/C14H19F2NO4S/c1-22(18,19)9-7-17-6-8-20-13(10-17)11-2-4-12(5-3-11)21-14(15)16/h2-5,13-14H,6-10H2,1H3. The van der Waals surface area contributed by atoms with Gasteiger partial charge in [0.1, 0.15) is 15.6 Å². The summed E-state index contributed by atoms with van der Waals surface area (Å²) in [5.41, 5.74) is 0.852. The number of rotatable bonds is 6. The molecule has 5 nitrogen and oxygen atoms in total. The van der Waals surface area contributed by atoms with E-state index in [1.165, 1.54) is 18.4 Å². The lowest BCUT2D eigenvalue weighted by Crippen LogP contribution is -2.40. The van der Waals surface area contributed by atoms with Crippen molar-refractivity contribution in [1.29, 1.82) is 0 Å². The molecule has 1 atom stereocenters. The maximum atomic E-state index is 12.1. The molecule has 0 saturated carbocycles. The Labute approximate surface area is 128 Å². The largest absolute Gasteiger partial charge is 0.435 e. The molecule has 1 aliphatic rings. The molecular formula is C14H19F2NO4S. The van der Waals surface area contributed by atoms with Gasteiger partial charge in [-0.2, -0.15) is 8.78 Å². The number of halogens is 2. The van der Waals surface area contributed by atoms with E-state index >= 15 is 0 Å². The summed E-state index contributed by atoms with van der Waals surface area (Å²) in [6, 6.07) is 6.31. The van der Waals surface area contributed by atoms with Crippen LogP contribution in [-0.2, 0) is 14.6 Å². The van der Waals surface area contributed by atoms with Crippen LogP contribution in [0.3, 0.4) is 0 Å². The van der Waals surface area contributed by atoms with E-state index in [-0.39, 0.29) is 17.6 Å². The maximum Gasteiger partial charge on any atom is 0.387 e. The topological polar surface area (TPSA) is 55.8 Å². The Hall–Kier alpha value is -1.25. The zero-order valence-electron chi connectivity index (χ0n) is 12.2. The predicted molar refractivity (Wildman–Crippen MR) is 77.9 cm³/mol. The smallest absolute Gasteiger partial charge is 0.387 e. The van der Waals surface area contributed by atoms with Crippen molar-refractivity contribution in [2.24, 2.45) is 0 Å². The second kappa shape index (κ2) is 7.34. The van der Waals surface area contributed by atoms with Crippen molar-refractivity contribution in [3.63, 3.8) is 0 Å². The Morgan fingerprint density at radius 2 is 2.05 bits per heavy atom. The normalized spacial score (nSPS) is 20.3. The van der Waals surface area contributed by atoms with Crippen molar-refractivity contribution < 1.29 is 26.7 Å². The molecule has 1 heterocycles. The zero-order chi connectivity index (χ0) is 16.2. The van der Waals surface area contributed by atoms with Crippen molar-refractivity contribution in [3.05, 3.63) is 29.8 Å². The third-order valence-electron chi connectivity index (χ3n) is 3.41. The molecule has 0 aliphatic carbocycles. The van der Waals surface area contributed by atoms with Crippen LogP contribution in [0.5, 0.6) is 5.75 Å². The molecule has 2 rings (SSSR count). The first kappa shape index (κ1) is 17.1. The Bertz CT molecular complexity index is 577. The summed E-state index contributed by atoms with van der Waals surface area (Å²) >= 11 is 0. The first-order valence-electron chi connectivity index (χ1n) is 6.90. The highest BCUT2D eigenvalue weighted by molar-refractivity contribution is 7.90. The van der Waals surface area contributed by atoms with E-state index in [9.17, 15) is 17.2 Å². The molecule has 22 heavy (non-hydrogen) atoms. The number of nitrogens with zero attached hydrogens (tertiary/aromatic N) is 1. The van der Waals surface area contributed by atoms with Crippen molar-refractivity contribution >= 4 is 9.84 Å². The Morgan fingerprint density at radius 3 is 2.64 bits per heavy atom. The summed E-state index contributed by atoms with van der Waals surface area (Å²) in [5.74, 6) is 0.212. The van der Waals surface area contributed by atoms with Crippen molar-refractivity contribution in [1.82, 2.24) is 4.90 Å². The molecule has 1 aromatic carbocycles. The van der Waals surface area contributed by atoms with E-state index in [0.717, 1.165) is 5.56 Å². The Kier molecular flexibility index (Phi) is 5.71. The van der Waals surface area contributed by atoms with Gasteiger partial charge in [-0.15, -0.1) is 0 Å². The molecule has 1 aliphatic heterocycles. The van der Waals surface area contributed by atoms with Gasteiger partial charge in [-0.3, -0.25) is 4.90 Å². The van der Waals surface area contributed by atoms with Crippen LogP contribution in [0.4, 0.5) is 8.78 Å². The van der Waals surface area contributed by atoms with Crippen molar-refractivity contribution in [3.8, 4) is 5.75 Å². The minimum atomic E-state index is -2.99. The van der Waals surface area contributed by atoms with Crippen LogP contribution < -0.4 is 4.74 Å². The lowest BCUT2D eigenvalue weighted by Gasteiger charge is -2.33. The van der Waals surface area contributed by atoms with E-state index in [2.05, 4.69) is 4.74 Å². The number of benzene rings is 1. The fourth-order valence-electron chi connectivity index (χ4n) is 2.27. The van der Waals surface area contributed by atoms with Crippen LogP contribution in [0.2, 0.25) is 0 Å². The summed E-state index contributed by atoms with van der Waals surface area (Å²) in [7, 11) is -2.99. The number of hydrogen-bond acceptors (Lipinski definition) is 5. The highest BCUT2D eigenvalue weighted by Gasteiger charge is 2.22. The highest BCUT2D eigenvalue weighted by Crippen LogP contribution is 2.24. The second-order valence-corrected chi connectivity index (χ2v) is 7.50. The van der Waals surface area contributed by atoms with Crippen LogP contribution in [0.15, 0.2) is 24.3 Å². The molecular weight excluding hydrogens is 316 g/mol. The van der Waals surface area contributed by atoms with Gasteiger partial charge in [0.15, 0.2) is 0 Å². The molecule has 0 N–H and O–H groups in total.